The highest BCUT2D eigenvalue weighted by atomic mass is 15.2. The van der Waals surface area contributed by atoms with Crippen LogP contribution in [0, 0.1) is 11.3 Å². The van der Waals surface area contributed by atoms with Crippen LogP contribution in [0.25, 0.3) is 60.9 Å². The van der Waals surface area contributed by atoms with E-state index >= 15 is 0 Å². The number of anilines is 12. The second-order valence-corrected chi connectivity index (χ2v) is 28.1. The third-order valence-corrected chi connectivity index (χ3v) is 20.0. The predicted molar refractivity (Wildman–Crippen MR) is 423 cm³/mol. The highest BCUT2D eigenvalue weighted by Gasteiger charge is 2.45. The molecule has 0 aliphatic carbocycles. The smallest absolute Gasteiger partial charge is 0.252 e. The average molecular weight is 1290 g/mol. The predicted octanol–water partition coefficient (Wildman–Crippen LogP) is 23.3. The molecule has 0 atom stereocenters. The number of para-hydroxylation sites is 6. The van der Waals surface area contributed by atoms with Gasteiger partial charge >= 0.3 is 0 Å². The molecule has 2 aliphatic rings. The number of aromatic nitrogens is 1. The van der Waals surface area contributed by atoms with E-state index < -0.39 is 18.1 Å². The molecule has 1 aromatic heterocycles. The fourth-order valence-corrected chi connectivity index (χ4v) is 15.2. The Balaban J connectivity index is 1.02. The quantitative estimate of drug-likeness (QED) is 0.114. The lowest BCUT2D eigenvalue weighted by molar-refractivity contribution is 0.590. The number of hydrogen-bond donors (Lipinski definition) is 0. The fourth-order valence-electron chi connectivity index (χ4n) is 15.2. The molecule has 0 bridgehead atoms. The van der Waals surface area contributed by atoms with Gasteiger partial charge in [0.05, 0.1) is 40.9 Å². The fraction of sp³-hybridized carbons (Fsp3) is 0.0860. The first kappa shape index (κ1) is 55.7. The van der Waals surface area contributed by atoms with Crippen LogP contribution in [-0.4, -0.2) is 11.3 Å². The minimum absolute atomic E-state index is 0.0222. The van der Waals surface area contributed by atoms with Crippen molar-refractivity contribution >= 4 is 113 Å². The normalized spacial score (nSPS) is 13.1. The molecular formula is C93H73BN6. The number of fused-ring (bicyclic) bond motifs is 7. The van der Waals surface area contributed by atoms with E-state index in [1.165, 1.54) is 21.9 Å². The molecule has 3 heterocycles. The van der Waals surface area contributed by atoms with Gasteiger partial charge in [-0.1, -0.05) is 236 Å². The summed E-state index contributed by atoms with van der Waals surface area (Å²) < 4.78 is 48.1. The van der Waals surface area contributed by atoms with Crippen molar-refractivity contribution in [2.24, 2.45) is 0 Å². The van der Waals surface area contributed by atoms with Crippen LogP contribution in [0.2, 0.25) is 0 Å². The first-order valence-electron chi connectivity index (χ1n) is 36.7. The van der Waals surface area contributed by atoms with Crippen molar-refractivity contribution in [3.05, 3.63) is 350 Å². The van der Waals surface area contributed by atoms with Crippen molar-refractivity contribution < 1.29 is 6.85 Å². The topological polar surface area (TPSA) is 41.7 Å². The summed E-state index contributed by atoms with van der Waals surface area (Å²) in [5.41, 5.74) is 24.0. The summed E-state index contributed by atoms with van der Waals surface area (Å²) >= 11 is 0. The van der Waals surface area contributed by atoms with Crippen LogP contribution in [-0.2, 0) is 10.8 Å². The molecule has 17 rings (SSSR count). The Bertz CT molecular complexity index is 5850. The first-order chi connectivity index (χ1) is 50.9. The second-order valence-electron chi connectivity index (χ2n) is 28.1. The Morgan fingerprint density at radius 1 is 0.350 bits per heavy atom. The molecule has 2 aliphatic heterocycles. The number of rotatable bonds is 12. The number of nitrogens with zero attached hydrogens (tertiary/aromatic N) is 6. The summed E-state index contributed by atoms with van der Waals surface area (Å²) in [5.74, 6) is 0. The largest absolute Gasteiger partial charge is 0.311 e. The summed E-state index contributed by atoms with van der Waals surface area (Å²) in [6.45, 7) is 13.3. The first-order valence-corrected chi connectivity index (χ1v) is 34.2. The van der Waals surface area contributed by atoms with E-state index in [0.29, 0.717) is 28.1 Å². The Morgan fingerprint density at radius 3 is 1.27 bits per heavy atom. The zero-order valence-electron chi connectivity index (χ0n) is 61.6. The maximum atomic E-state index is 11.7. The van der Waals surface area contributed by atoms with Crippen molar-refractivity contribution in [3.8, 4) is 45.1 Å². The van der Waals surface area contributed by atoms with E-state index in [4.69, 9.17) is 4.11 Å². The van der Waals surface area contributed by atoms with E-state index in [-0.39, 0.29) is 35.3 Å². The zero-order chi connectivity index (χ0) is 72.2. The molecule has 0 saturated heterocycles. The Morgan fingerprint density at radius 2 is 0.780 bits per heavy atom. The van der Waals surface area contributed by atoms with Crippen molar-refractivity contribution in [3.63, 3.8) is 0 Å². The van der Waals surface area contributed by atoms with Gasteiger partial charge in [0.25, 0.3) is 6.71 Å². The summed E-state index contributed by atoms with van der Waals surface area (Å²) in [5, 5.41) is 14.1. The van der Waals surface area contributed by atoms with Crippen molar-refractivity contribution in [1.29, 1.82) is 5.26 Å². The molecule has 0 unspecified atom stereocenters. The standard InChI is InChI=1S/C93H73BN6/c1-92(2,3)67-46-53-85-79(57-67)80-58-68(93(4,5)6)47-54-86(80)98(85)75-50-52-82-88(61-75)100(84-44-28-26-42-77(84)64-31-15-8-16-32-64)90-56-66(78-59-73(48-45-65(78)62-95)96(69-33-17-9-18-34-69)70-35-19-10-20-36-70)55-89-91(90)94(82)81-51-49-74(97(71-37-21-11-22-38-71)72-39-23-12-24-40-72)60-87(81)99(89)83-43-27-25-41-76(83)63-29-13-7-14-30-63/h7-61H,1-6H3/i9D,17D,18D,33D,34D. The van der Waals surface area contributed by atoms with Gasteiger partial charge in [0.2, 0.25) is 0 Å². The monoisotopic (exact) mass is 1290 g/mol. The third-order valence-electron chi connectivity index (χ3n) is 20.0. The summed E-state index contributed by atoms with van der Waals surface area (Å²) in [6.07, 6.45) is 0. The molecule has 15 aromatic rings. The van der Waals surface area contributed by atoms with E-state index in [0.717, 1.165) is 107 Å². The van der Waals surface area contributed by atoms with E-state index in [2.05, 4.69) is 322 Å². The number of benzene rings is 14. The minimum atomic E-state index is -0.491. The lowest BCUT2D eigenvalue weighted by Crippen LogP contribution is -2.61. The van der Waals surface area contributed by atoms with Crippen LogP contribution < -0.4 is 36.0 Å². The van der Waals surface area contributed by atoms with Gasteiger partial charge in [0, 0.05) is 90.0 Å². The Kier molecular flexibility index (Phi) is 13.7. The molecule has 7 heteroatoms. The van der Waals surface area contributed by atoms with E-state index in [9.17, 15) is 8.00 Å². The van der Waals surface area contributed by atoms with Crippen LogP contribution in [0.4, 0.5) is 68.2 Å². The maximum absolute atomic E-state index is 11.7. The SMILES string of the molecule is [2H]c1c([2H])c([2H])c(N(c2ccccc2)c2ccc(C#N)c(-c3cc4c5c(c3)N(c3ccccc3-c3ccccc3)c3cc(-n6c7ccc(C(C)(C)C)cc7c7cc(C(C)(C)C)ccc76)ccc3B5c3ccc(N(c5ccccc5)c5ccccc5)cc3N4c3ccccc3-c3ccccc3)c2)c([2H])c1[2H]. The average Bonchev–Trinajstić information content (AvgIpc) is 0.797. The molecule has 478 valence electrons. The number of nitriles is 1. The van der Waals surface area contributed by atoms with Gasteiger partial charge in [-0.25, -0.2) is 0 Å². The number of hydrogen-bond acceptors (Lipinski definition) is 5. The van der Waals surface area contributed by atoms with Crippen LogP contribution >= 0.6 is 0 Å². The van der Waals surface area contributed by atoms with Gasteiger partial charge in [-0.3, -0.25) is 0 Å². The van der Waals surface area contributed by atoms with E-state index in [1.807, 2.05) is 42.5 Å². The third kappa shape index (κ3) is 10.6. The zero-order valence-corrected chi connectivity index (χ0v) is 56.6. The molecule has 6 nitrogen and oxygen atoms in total. The lowest BCUT2D eigenvalue weighted by atomic mass is 9.33. The summed E-state index contributed by atoms with van der Waals surface area (Å²) in [4.78, 5) is 8.96. The van der Waals surface area contributed by atoms with Crippen molar-refractivity contribution in [1.82, 2.24) is 4.57 Å². The second kappa shape index (κ2) is 24.6. The van der Waals surface area contributed by atoms with Crippen LogP contribution in [0.1, 0.15) is 65.1 Å². The van der Waals surface area contributed by atoms with Crippen molar-refractivity contribution in [2.75, 3.05) is 19.6 Å². The van der Waals surface area contributed by atoms with Gasteiger partial charge in [-0.05, 0) is 195 Å². The molecule has 0 saturated carbocycles. The van der Waals surface area contributed by atoms with Crippen LogP contribution in [0.15, 0.2) is 334 Å². The van der Waals surface area contributed by atoms with Gasteiger partial charge in [-0.2, -0.15) is 5.26 Å². The molecule has 0 fully saturated rings. The van der Waals surface area contributed by atoms with Crippen LogP contribution in [0.5, 0.6) is 0 Å². The molecule has 0 spiro atoms. The van der Waals surface area contributed by atoms with Gasteiger partial charge in [0.15, 0.2) is 0 Å². The Hall–Kier alpha value is -12.4. The van der Waals surface area contributed by atoms with Crippen LogP contribution in [0.3, 0.4) is 0 Å². The lowest BCUT2D eigenvalue weighted by Gasteiger charge is -2.45. The maximum Gasteiger partial charge on any atom is 0.252 e. The van der Waals surface area contributed by atoms with E-state index in [1.54, 1.807) is 11.0 Å². The summed E-state index contributed by atoms with van der Waals surface area (Å²) in [6, 6.07) is 108. The molecule has 0 radical (unpaired) electrons. The molecule has 0 amide bonds. The summed E-state index contributed by atoms with van der Waals surface area (Å²) in [7, 11) is 0. The van der Waals surface area contributed by atoms with Gasteiger partial charge in [0.1, 0.15) is 0 Å². The minimum Gasteiger partial charge on any atom is -0.311 e. The molecule has 14 aromatic carbocycles. The molecule has 0 N–H and O–H groups in total. The van der Waals surface area contributed by atoms with Gasteiger partial charge < -0.3 is 24.2 Å². The Labute approximate surface area is 593 Å². The van der Waals surface area contributed by atoms with Crippen molar-refractivity contribution in [2.45, 2.75) is 52.4 Å². The van der Waals surface area contributed by atoms with Gasteiger partial charge in [-0.15, -0.1) is 0 Å². The molecular weight excluding hydrogens is 1210 g/mol. The highest BCUT2D eigenvalue weighted by Crippen LogP contribution is 2.52. The molecule has 100 heavy (non-hydrogen) atoms. The highest BCUT2D eigenvalue weighted by molar-refractivity contribution is 7.00.